The van der Waals surface area contributed by atoms with Crippen molar-refractivity contribution in [1.82, 2.24) is 0 Å². The molecule has 1 aliphatic rings. The minimum absolute atomic E-state index is 0.259. The molecule has 5 atom stereocenters. The van der Waals surface area contributed by atoms with Crippen LogP contribution in [0.2, 0.25) is 0 Å². The van der Waals surface area contributed by atoms with Crippen LogP contribution in [0.4, 0.5) is 0 Å². The van der Waals surface area contributed by atoms with Crippen molar-refractivity contribution in [3.63, 3.8) is 0 Å². The third kappa shape index (κ3) is 8.31. The van der Waals surface area contributed by atoms with Gasteiger partial charge in [-0.1, -0.05) is 53.4 Å². The predicted octanol–water partition coefficient (Wildman–Crippen LogP) is 1.16. The van der Waals surface area contributed by atoms with Crippen LogP contribution < -0.4 is 15.5 Å². The molecule has 1 saturated heterocycles. The van der Waals surface area contributed by atoms with Crippen LogP contribution in [-0.2, 0) is 0 Å². The molecule has 0 saturated carbocycles. The van der Waals surface area contributed by atoms with Crippen molar-refractivity contribution < 1.29 is 15.5 Å². The molecule has 24 heavy (non-hydrogen) atoms. The third-order valence-corrected chi connectivity index (χ3v) is 6.09. The lowest BCUT2D eigenvalue weighted by Crippen LogP contribution is -3.38. The summed E-state index contributed by atoms with van der Waals surface area (Å²) in [5, 5.41) is 0. The van der Waals surface area contributed by atoms with Gasteiger partial charge in [-0.25, -0.2) is 0 Å². The lowest BCUT2D eigenvalue weighted by molar-refractivity contribution is -1.12. The maximum absolute atomic E-state index is 4.58. The fraction of sp³-hybridized carbons (Fsp3) is 1.00. The first kappa shape index (κ1) is 21.9. The van der Waals surface area contributed by atoms with E-state index in [2.05, 4.69) is 40.4 Å². The Bertz CT molecular complexity index is 288. The highest BCUT2D eigenvalue weighted by atomic mass is 15.4. The van der Waals surface area contributed by atoms with E-state index in [1.165, 1.54) is 84.2 Å². The van der Waals surface area contributed by atoms with Gasteiger partial charge in [0.2, 0.25) is 6.67 Å². The first-order valence-electron chi connectivity index (χ1n) is 11.0. The molecule has 0 amide bonds. The van der Waals surface area contributed by atoms with E-state index in [1.54, 1.807) is 0 Å². The summed E-state index contributed by atoms with van der Waals surface area (Å²) >= 11 is 0. The standard InChI is InChI=1S/C21H45N3/c1-6-10-12-19(8-3)14-23-16-21(5,22)17-24(18-23)15-20(9-4)13-11-7-2/h19-20H,6-18,22H2,1-5H3/p+3/t19-,20+,21?. The van der Waals surface area contributed by atoms with Crippen LogP contribution in [0.15, 0.2) is 0 Å². The summed E-state index contributed by atoms with van der Waals surface area (Å²) in [6.07, 6.45) is 11.0. The van der Waals surface area contributed by atoms with Crippen LogP contribution in [0, 0.1) is 11.8 Å². The second kappa shape index (κ2) is 11.5. The first-order valence-corrected chi connectivity index (χ1v) is 11.0. The van der Waals surface area contributed by atoms with Gasteiger partial charge in [-0.3, -0.25) is 9.80 Å². The van der Waals surface area contributed by atoms with Gasteiger partial charge in [0.15, 0.2) is 5.54 Å². The van der Waals surface area contributed by atoms with E-state index >= 15 is 0 Å². The zero-order valence-electron chi connectivity index (χ0n) is 17.6. The van der Waals surface area contributed by atoms with Gasteiger partial charge in [0.1, 0.15) is 13.1 Å². The molecule has 1 rings (SSSR count). The smallest absolute Gasteiger partial charge is 0.204 e. The summed E-state index contributed by atoms with van der Waals surface area (Å²) in [6.45, 7) is 18.4. The maximum atomic E-state index is 4.58. The van der Waals surface area contributed by atoms with E-state index in [9.17, 15) is 0 Å². The SMILES string of the molecule is CCCC[C@@H](CC)C[NH+]1C[NH+](C[C@@H](CC)CCCC)CC(C)([NH3+])C1. The number of unbranched alkanes of at least 4 members (excludes halogenated alkanes) is 2. The summed E-state index contributed by atoms with van der Waals surface area (Å²) in [5.74, 6) is 1.83. The Morgan fingerprint density at radius 3 is 1.58 bits per heavy atom. The molecule has 1 fully saturated rings. The van der Waals surface area contributed by atoms with Gasteiger partial charge in [0, 0.05) is 18.8 Å². The highest BCUT2D eigenvalue weighted by Gasteiger charge is 2.41. The van der Waals surface area contributed by atoms with Crippen molar-refractivity contribution >= 4 is 0 Å². The second-order valence-corrected chi connectivity index (χ2v) is 9.08. The van der Waals surface area contributed by atoms with Gasteiger partial charge >= 0.3 is 0 Å². The van der Waals surface area contributed by atoms with E-state index in [-0.39, 0.29) is 5.54 Å². The Morgan fingerprint density at radius 1 is 0.833 bits per heavy atom. The Morgan fingerprint density at radius 2 is 1.25 bits per heavy atom. The van der Waals surface area contributed by atoms with E-state index in [0.29, 0.717) is 0 Å². The first-order chi connectivity index (χ1) is 11.4. The van der Waals surface area contributed by atoms with Crippen LogP contribution in [0.5, 0.6) is 0 Å². The number of quaternary nitrogens is 3. The fourth-order valence-electron chi connectivity index (χ4n) is 4.74. The number of hydrogen-bond acceptors (Lipinski definition) is 0. The van der Waals surface area contributed by atoms with Crippen molar-refractivity contribution in [3.05, 3.63) is 0 Å². The highest BCUT2D eigenvalue weighted by Crippen LogP contribution is 2.11. The number of rotatable bonds is 12. The van der Waals surface area contributed by atoms with Gasteiger partial charge in [-0.05, 0) is 25.7 Å². The summed E-state index contributed by atoms with van der Waals surface area (Å²) in [7, 11) is 0. The highest BCUT2D eigenvalue weighted by molar-refractivity contribution is 4.70. The van der Waals surface area contributed by atoms with E-state index < -0.39 is 0 Å². The minimum atomic E-state index is 0.259. The predicted molar refractivity (Wildman–Crippen MR) is 104 cm³/mol. The molecule has 3 nitrogen and oxygen atoms in total. The van der Waals surface area contributed by atoms with Crippen LogP contribution >= 0.6 is 0 Å². The van der Waals surface area contributed by atoms with Crippen molar-refractivity contribution in [2.75, 3.05) is 32.8 Å². The van der Waals surface area contributed by atoms with Crippen molar-refractivity contribution in [2.24, 2.45) is 11.8 Å². The molecule has 0 aromatic heterocycles. The molecular weight excluding hydrogens is 294 g/mol. The molecular formula is C21H48N3+3. The summed E-state index contributed by atoms with van der Waals surface area (Å²) in [5.41, 5.74) is 4.84. The summed E-state index contributed by atoms with van der Waals surface area (Å²) < 4.78 is 0. The van der Waals surface area contributed by atoms with Crippen molar-refractivity contribution in [2.45, 2.75) is 91.5 Å². The van der Waals surface area contributed by atoms with Gasteiger partial charge in [0.05, 0.1) is 13.1 Å². The molecule has 0 aromatic carbocycles. The van der Waals surface area contributed by atoms with Crippen LogP contribution in [0.25, 0.3) is 0 Å². The minimum Gasteiger partial charge on any atom is -0.344 e. The normalized spacial score (nSPS) is 30.2. The van der Waals surface area contributed by atoms with Crippen LogP contribution in [0.1, 0.15) is 86.0 Å². The lowest BCUT2D eigenvalue weighted by atomic mass is 9.94. The molecule has 3 heteroatoms. The Kier molecular flexibility index (Phi) is 10.5. The quantitative estimate of drug-likeness (QED) is 0.476. The van der Waals surface area contributed by atoms with Gasteiger partial charge in [0.25, 0.3) is 0 Å². The van der Waals surface area contributed by atoms with Crippen LogP contribution in [0.3, 0.4) is 0 Å². The Balaban J connectivity index is 2.58. The average molecular weight is 343 g/mol. The molecule has 1 aliphatic heterocycles. The molecule has 5 N–H and O–H groups in total. The van der Waals surface area contributed by atoms with Gasteiger partial charge < -0.3 is 5.73 Å². The van der Waals surface area contributed by atoms with E-state index in [1.807, 2.05) is 9.80 Å². The largest absolute Gasteiger partial charge is 0.344 e. The molecule has 144 valence electrons. The number of nitrogens with one attached hydrogen (secondary N) is 2. The molecule has 0 aliphatic carbocycles. The monoisotopic (exact) mass is 342 g/mol. The average Bonchev–Trinajstić information content (AvgIpc) is 2.53. The molecule has 0 bridgehead atoms. The maximum Gasteiger partial charge on any atom is 0.204 e. The third-order valence-electron chi connectivity index (χ3n) is 6.09. The molecule has 3 unspecified atom stereocenters. The Labute approximate surface area is 152 Å². The zero-order chi connectivity index (χ0) is 18.0. The molecule has 0 spiro atoms. The second-order valence-electron chi connectivity index (χ2n) is 9.08. The molecule has 0 radical (unpaired) electrons. The van der Waals surface area contributed by atoms with Crippen molar-refractivity contribution in [1.29, 1.82) is 0 Å². The van der Waals surface area contributed by atoms with Crippen LogP contribution in [-0.4, -0.2) is 38.4 Å². The van der Waals surface area contributed by atoms with E-state index in [4.69, 9.17) is 0 Å². The van der Waals surface area contributed by atoms with Gasteiger partial charge in [-0.15, -0.1) is 0 Å². The summed E-state index contributed by atoms with van der Waals surface area (Å²) in [4.78, 5) is 3.64. The zero-order valence-corrected chi connectivity index (χ0v) is 17.6. The number of hydrogen-bond donors (Lipinski definition) is 3. The fourth-order valence-corrected chi connectivity index (χ4v) is 4.74. The summed E-state index contributed by atoms with van der Waals surface area (Å²) in [6, 6.07) is 0. The molecule has 0 aromatic rings. The molecule has 1 heterocycles. The topological polar surface area (TPSA) is 36.5 Å². The van der Waals surface area contributed by atoms with Gasteiger partial charge in [-0.2, -0.15) is 0 Å². The van der Waals surface area contributed by atoms with E-state index in [0.717, 1.165) is 11.8 Å². The lowest BCUT2D eigenvalue weighted by Gasteiger charge is -2.39. The van der Waals surface area contributed by atoms with Crippen molar-refractivity contribution in [3.8, 4) is 0 Å². The Hall–Kier alpha value is -0.120.